The molecule has 2 heterocycles. The molecule has 9 heteroatoms. The van der Waals surface area contributed by atoms with Crippen LogP contribution >= 0.6 is 0 Å². The summed E-state index contributed by atoms with van der Waals surface area (Å²) < 4.78 is 33.4. The standard InChI is InChI=1S/C23H27N3O5S/c1-14-6-8-19(15(2)11-14)24-23(28)17-5-4-10-26(13-17)32(29,30)18-7-9-21-20(12-18)25-22(27)16(3)31-21/h6-9,11-12,16-17H,4-5,10,13H2,1-3H3,(H,24,28)(H,25,27). The molecule has 2 aromatic carbocycles. The van der Waals surface area contributed by atoms with Crippen molar-refractivity contribution >= 4 is 33.2 Å². The maximum absolute atomic E-state index is 13.3. The molecule has 0 bridgehead atoms. The number of nitrogens with one attached hydrogen (secondary N) is 2. The molecule has 2 amide bonds. The Hall–Kier alpha value is -2.91. The number of ether oxygens (including phenoxy) is 1. The van der Waals surface area contributed by atoms with Crippen LogP contribution < -0.4 is 15.4 Å². The highest BCUT2D eigenvalue weighted by atomic mass is 32.2. The van der Waals surface area contributed by atoms with Gasteiger partial charge in [-0.05, 0) is 63.4 Å². The summed E-state index contributed by atoms with van der Waals surface area (Å²) >= 11 is 0. The molecule has 170 valence electrons. The van der Waals surface area contributed by atoms with Crippen LogP contribution in [0, 0.1) is 19.8 Å². The van der Waals surface area contributed by atoms with Crippen LogP contribution in [0.3, 0.4) is 0 Å². The lowest BCUT2D eigenvalue weighted by atomic mass is 9.98. The molecule has 2 aliphatic heterocycles. The molecule has 0 aromatic heterocycles. The number of hydrogen-bond donors (Lipinski definition) is 2. The van der Waals surface area contributed by atoms with Gasteiger partial charge >= 0.3 is 0 Å². The number of sulfonamides is 1. The van der Waals surface area contributed by atoms with E-state index in [1.807, 2.05) is 32.0 Å². The van der Waals surface area contributed by atoms with Gasteiger partial charge in [-0.15, -0.1) is 0 Å². The molecule has 2 N–H and O–H groups in total. The number of rotatable bonds is 4. The van der Waals surface area contributed by atoms with Gasteiger partial charge in [-0.2, -0.15) is 4.31 Å². The topological polar surface area (TPSA) is 105 Å². The Kier molecular flexibility index (Phi) is 5.96. The van der Waals surface area contributed by atoms with Crippen LogP contribution in [-0.4, -0.2) is 43.7 Å². The summed E-state index contributed by atoms with van der Waals surface area (Å²) in [5.41, 5.74) is 3.14. The van der Waals surface area contributed by atoms with Crippen molar-refractivity contribution in [2.75, 3.05) is 23.7 Å². The molecular weight excluding hydrogens is 430 g/mol. The predicted octanol–water partition coefficient (Wildman–Crippen LogP) is 3.06. The molecule has 0 spiro atoms. The van der Waals surface area contributed by atoms with Gasteiger partial charge in [0.05, 0.1) is 16.5 Å². The lowest BCUT2D eigenvalue weighted by Crippen LogP contribution is -2.43. The quantitative estimate of drug-likeness (QED) is 0.734. The zero-order valence-corrected chi connectivity index (χ0v) is 19.2. The second kappa shape index (κ2) is 8.55. The van der Waals surface area contributed by atoms with Gasteiger partial charge in [-0.25, -0.2) is 8.42 Å². The van der Waals surface area contributed by atoms with Gasteiger partial charge in [0.15, 0.2) is 6.10 Å². The first-order chi connectivity index (χ1) is 15.1. The fourth-order valence-electron chi connectivity index (χ4n) is 4.06. The molecule has 2 aromatic rings. The highest BCUT2D eigenvalue weighted by Crippen LogP contribution is 2.34. The molecule has 1 saturated heterocycles. The third-order valence-corrected chi connectivity index (χ3v) is 7.78. The van der Waals surface area contributed by atoms with Crippen molar-refractivity contribution in [3.8, 4) is 5.75 Å². The van der Waals surface area contributed by atoms with Gasteiger partial charge in [-0.1, -0.05) is 17.7 Å². The number of fused-ring (bicyclic) bond motifs is 1. The molecule has 2 unspecified atom stereocenters. The summed E-state index contributed by atoms with van der Waals surface area (Å²) in [6.45, 7) is 5.99. The van der Waals surface area contributed by atoms with Gasteiger partial charge in [0, 0.05) is 18.8 Å². The van der Waals surface area contributed by atoms with Crippen LogP contribution in [0.15, 0.2) is 41.3 Å². The lowest BCUT2D eigenvalue weighted by molar-refractivity contribution is -0.123. The molecule has 1 fully saturated rings. The number of piperidine rings is 1. The van der Waals surface area contributed by atoms with Crippen molar-refractivity contribution in [2.24, 2.45) is 5.92 Å². The number of aryl methyl sites for hydroxylation is 2. The van der Waals surface area contributed by atoms with E-state index < -0.39 is 22.0 Å². The summed E-state index contributed by atoms with van der Waals surface area (Å²) in [5.74, 6) is -0.522. The Balaban J connectivity index is 1.50. The monoisotopic (exact) mass is 457 g/mol. The average molecular weight is 458 g/mol. The third kappa shape index (κ3) is 4.35. The number of nitrogens with zero attached hydrogens (tertiary/aromatic N) is 1. The highest BCUT2D eigenvalue weighted by molar-refractivity contribution is 7.89. The van der Waals surface area contributed by atoms with E-state index in [2.05, 4.69) is 10.6 Å². The molecule has 0 aliphatic carbocycles. The third-order valence-electron chi connectivity index (χ3n) is 5.91. The van der Waals surface area contributed by atoms with Crippen molar-refractivity contribution < 1.29 is 22.7 Å². The fourth-order valence-corrected chi connectivity index (χ4v) is 5.61. The first-order valence-electron chi connectivity index (χ1n) is 10.6. The van der Waals surface area contributed by atoms with Crippen molar-refractivity contribution in [1.29, 1.82) is 0 Å². The van der Waals surface area contributed by atoms with Gasteiger partial charge in [-0.3, -0.25) is 9.59 Å². The average Bonchev–Trinajstić information content (AvgIpc) is 2.76. The summed E-state index contributed by atoms with van der Waals surface area (Å²) in [4.78, 5) is 24.8. The second-order valence-electron chi connectivity index (χ2n) is 8.42. The summed E-state index contributed by atoms with van der Waals surface area (Å²) in [7, 11) is -3.83. The number of carbonyl (C=O) groups excluding carboxylic acids is 2. The second-order valence-corrected chi connectivity index (χ2v) is 10.4. The van der Waals surface area contributed by atoms with Crippen LogP contribution in [0.5, 0.6) is 5.75 Å². The summed E-state index contributed by atoms with van der Waals surface area (Å²) in [6, 6.07) is 10.2. The van der Waals surface area contributed by atoms with Crippen LogP contribution in [0.1, 0.15) is 30.9 Å². The van der Waals surface area contributed by atoms with Gasteiger partial charge < -0.3 is 15.4 Å². The van der Waals surface area contributed by atoms with E-state index in [1.165, 1.54) is 16.4 Å². The molecule has 2 atom stereocenters. The van der Waals surface area contributed by atoms with Crippen LogP contribution in [0.25, 0.3) is 0 Å². The maximum atomic E-state index is 13.3. The Morgan fingerprint density at radius 2 is 1.97 bits per heavy atom. The SMILES string of the molecule is Cc1ccc(NC(=O)C2CCCN(S(=O)(=O)c3ccc4c(c3)NC(=O)C(C)O4)C2)c(C)c1. The van der Waals surface area contributed by atoms with Crippen molar-refractivity contribution in [3.63, 3.8) is 0 Å². The van der Waals surface area contributed by atoms with Crippen molar-refractivity contribution in [2.45, 2.75) is 44.6 Å². The summed E-state index contributed by atoms with van der Waals surface area (Å²) in [5, 5.41) is 5.62. The molecule has 32 heavy (non-hydrogen) atoms. The minimum absolute atomic E-state index is 0.0603. The summed E-state index contributed by atoms with van der Waals surface area (Å²) in [6.07, 6.45) is 0.574. The number of anilines is 2. The molecular formula is C23H27N3O5S. The first kappa shape index (κ1) is 22.3. The molecule has 2 aliphatic rings. The number of carbonyl (C=O) groups is 2. The van der Waals surface area contributed by atoms with E-state index in [1.54, 1.807) is 13.0 Å². The zero-order chi connectivity index (χ0) is 23.0. The minimum atomic E-state index is -3.83. The molecule has 0 radical (unpaired) electrons. The predicted molar refractivity (Wildman–Crippen MR) is 121 cm³/mol. The number of benzene rings is 2. The van der Waals surface area contributed by atoms with Crippen LogP contribution in [-0.2, 0) is 19.6 Å². The van der Waals surface area contributed by atoms with Crippen LogP contribution in [0.4, 0.5) is 11.4 Å². The van der Waals surface area contributed by atoms with E-state index in [9.17, 15) is 18.0 Å². The van der Waals surface area contributed by atoms with E-state index in [4.69, 9.17) is 4.74 Å². The van der Waals surface area contributed by atoms with E-state index in [0.29, 0.717) is 30.8 Å². The molecule has 8 nitrogen and oxygen atoms in total. The van der Waals surface area contributed by atoms with E-state index >= 15 is 0 Å². The lowest BCUT2D eigenvalue weighted by Gasteiger charge is -2.31. The highest BCUT2D eigenvalue weighted by Gasteiger charge is 2.34. The van der Waals surface area contributed by atoms with Crippen molar-refractivity contribution in [3.05, 3.63) is 47.5 Å². The Labute approximate surface area is 188 Å². The smallest absolute Gasteiger partial charge is 0.265 e. The largest absolute Gasteiger partial charge is 0.479 e. The maximum Gasteiger partial charge on any atom is 0.265 e. The Morgan fingerprint density at radius 1 is 1.19 bits per heavy atom. The van der Waals surface area contributed by atoms with E-state index in [0.717, 1.165) is 16.8 Å². The zero-order valence-electron chi connectivity index (χ0n) is 18.3. The Bertz CT molecular complexity index is 1180. The molecule has 4 rings (SSSR count). The van der Waals surface area contributed by atoms with E-state index in [-0.39, 0.29) is 23.3 Å². The minimum Gasteiger partial charge on any atom is -0.479 e. The van der Waals surface area contributed by atoms with Crippen LogP contribution in [0.2, 0.25) is 0 Å². The fraction of sp³-hybridized carbons (Fsp3) is 0.391. The van der Waals surface area contributed by atoms with Crippen molar-refractivity contribution in [1.82, 2.24) is 4.31 Å². The van der Waals surface area contributed by atoms with Gasteiger partial charge in [0.2, 0.25) is 15.9 Å². The Morgan fingerprint density at radius 3 is 2.72 bits per heavy atom. The normalized spacial score (nSPS) is 21.3. The molecule has 0 saturated carbocycles. The van der Waals surface area contributed by atoms with Gasteiger partial charge in [0.1, 0.15) is 5.75 Å². The first-order valence-corrected chi connectivity index (χ1v) is 12.1. The van der Waals surface area contributed by atoms with Gasteiger partial charge in [0.25, 0.3) is 5.91 Å². The number of hydrogen-bond acceptors (Lipinski definition) is 5. The number of amides is 2.